The number of nitrogens with one attached hydrogen (secondary N) is 1. The second-order valence-corrected chi connectivity index (χ2v) is 6.03. The predicted molar refractivity (Wildman–Crippen MR) is 86.5 cm³/mol. The Morgan fingerprint density at radius 1 is 1.30 bits per heavy atom. The zero-order chi connectivity index (χ0) is 16.8. The lowest BCUT2D eigenvalue weighted by Crippen LogP contribution is -2.47. The first-order chi connectivity index (χ1) is 11.0. The van der Waals surface area contributed by atoms with Crippen molar-refractivity contribution in [2.24, 2.45) is 5.92 Å². The topological polar surface area (TPSA) is 78.9 Å². The standard InChI is InChI=1S/C17H24N2O4/c1-19-9-7-13(8-10-19)16(20)18-15(17(21)22)11-12-3-5-14(23-2)6-4-12/h3-6,13,15H,7-11H2,1-2H3,(H,18,20)(H,21,22)/t15-/m0/s1. The minimum absolute atomic E-state index is 0.0936. The molecule has 1 aromatic rings. The van der Waals surface area contributed by atoms with Gasteiger partial charge in [0.25, 0.3) is 0 Å². The van der Waals surface area contributed by atoms with Gasteiger partial charge in [-0.1, -0.05) is 12.1 Å². The highest BCUT2D eigenvalue weighted by Gasteiger charge is 2.27. The summed E-state index contributed by atoms with van der Waals surface area (Å²) in [6, 6.07) is 6.29. The lowest BCUT2D eigenvalue weighted by molar-refractivity contribution is -0.142. The van der Waals surface area contributed by atoms with Gasteiger partial charge in [0.15, 0.2) is 0 Å². The fourth-order valence-electron chi connectivity index (χ4n) is 2.76. The van der Waals surface area contributed by atoms with Gasteiger partial charge in [-0.3, -0.25) is 4.79 Å². The van der Waals surface area contributed by atoms with Gasteiger partial charge in [0, 0.05) is 12.3 Å². The summed E-state index contributed by atoms with van der Waals surface area (Å²) in [5.41, 5.74) is 0.849. The first-order valence-electron chi connectivity index (χ1n) is 7.84. The predicted octanol–water partition coefficient (Wildman–Crippen LogP) is 1.15. The number of rotatable bonds is 6. The molecular weight excluding hydrogens is 296 g/mol. The summed E-state index contributed by atoms with van der Waals surface area (Å²) in [5.74, 6) is -0.541. The number of methoxy groups -OCH3 is 1. The van der Waals surface area contributed by atoms with Crippen molar-refractivity contribution >= 4 is 11.9 Å². The number of hydrogen-bond donors (Lipinski definition) is 2. The van der Waals surface area contributed by atoms with Crippen LogP contribution in [0.4, 0.5) is 0 Å². The van der Waals surface area contributed by atoms with Gasteiger partial charge in [-0.05, 0) is 50.7 Å². The molecule has 0 spiro atoms. The monoisotopic (exact) mass is 320 g/mol. The third-order valence-corrected chi connectivity index (χ3v) is 4.30. The molecule has 2 N–H and O–H groups in total. The van der Waals surface area contributed by atoms with Gasteiger partial charge in [-0.15, -0.1) is 0 Å². The van der Waals surface area contributed by atoms with Crippen molar-refractivity contribution in [1.29, 1.82) is 0 Å². The molecule has 2 rings (SSSR count). The Balaban J connectivity index is 1.95. The van der Waals surface area contributed by atoms with E-state index in [0.717, 1.165) is 37.2 Å². The number of carbonyl (C=O) groups is 2. The maximum atomic E-state index is 12.3. The van der Waals surface area contributed by atoms with Crippen molar-refractivity contribution < 1.29 is 19.4 Å². The van der Waals surface area contributed by atoms with Crippen LogP contribution in [0.5, 0.6) is 5.75 Å². The van der Waals surface area contributed by atoms with Crippen LogP contribution in [0.15, 0.2) is 24.3 Å². The Morgan fingerprint density at radius 3 is 2.43 bits per heavy atom. The van der Waals surface area contributed by atoms with Crippen LogP contribution < -0.4 is 10.1 Å². The van der Waals surface area contributed by atoms with Crippen LogP contribution in [0.3, 0.4) is 0 Å². The first kappa shape index (κ1) is 17.3. The number of nitrogens with zero attached hydrogens (tertiary/aromatic N) is 1. The van der Waals surface area contributed by atoms with E-state index in [1.165, 1.54) is 0 Å². The van der Waals surface area contributed by atoms with E-state index in [2.05, 4.69) is 10.2 Å². The summed E-state index contributed by atoms with van der Waals surface area (Å²) in [6.07, 6.45) is 1.81. The van der Waals surface area contributed by atoms with Crippen molar-refractivity contribution in [3.8, 4) is 5.75 Å². The maximum Gasteiger partial charge on any atom is 0.326 e. The average molecular weight is 320 g/mol. The van der Waals surface area contributed by atoms with E-state index in [1.807, 2.05) is 19.2 Å². The molecule has 1 heterocycles. The number of likely N-dealkylation sites (tertiary alicyclic amines) is 1. The quantitative estimate of drug-likeness (QED) is 0.822. The molecule has 0 bridgehead atoms. The van der Waals surface area contributed by atoms with Crippen LogP contribution in [0.1, 0.15) is 18.4 Å². The maximum absolute atomic E-state index is 12.3. The van der Waals surface area contributed by atoms with E-state index >= 15 is 0 Å². The Bertz CT molecular complexity index is 536. The lowest BCUT2D eigenvalue weighted by Gasteiger charge is -2.29. The summed E-state index contributed by atoms with van der Waals surface area (Å²) in [5, 5.41) is 12.1. The Morgan fingerprint density at radius 2 is 1.91 bits per heavy atom. The van der Waals surface area contributed by atoms with Crippen molar-refractivity contribution in [3.05, 3.63) is 29.8 Å². The van der Waals surface area contributed by atoms with E-state index in [-0.39, 0.29) is 18.2 Å². The molecule has 6 nitrogen and oxygen atoms in total. The second-order valence-electron chi connectivity index (χ2n) is 6.03. The molecule has 0 aliphatic carbocycles. The number of hydrogen-bond acceptors (Lipinski definition) is 4. The fourth-order valence-corrected chi connectivity index (χ4v) is 2.76. The number of ether oxygens (including phenoxy) is 1. The summed E-state index contributed by atoms with van der Waals surface area (Å²) >= 11 is 0. The first-order valence-corrected chi connectivity index (χ1v) is 7.84. The minimum Gasteiger partial charge on any atom is -0.497 e. The molecule has 1 saturated heterocycles. The molecule has 1 amide bonds. The number of carboxylic acid groups (broad SMARTS) is 1. The average Bonchev–Trinajstić information content (AvgIpc) is 2.55. The molecule has 23 heavy (non-hydrogen) atoms. The Kier molecular flexibility index (Phi) is 5.98. The number of piperidine rings is 1. The van der Waals surface area contributed by atoms with Crippen molar-refractivity contribution in [2.75, 3.05) is 27.2 Å². The molecule has 0 saturated carbocycles. The molecule has 0 aromatic heterocycles. The molecule has 6 heteroatoms. The van der Waals surface area contributed by atoms with Crippen LogP contribution in [-0.2, 0) is 16.0 Å². The van der Waals surface area contributed by atoms with Crippen molar-refractivity contribution in [3.63, 3.8) is 0 Å². The van der Waals surface area contributed by atoms with E-state index < -0.39 is 12.0 Å². The van der Waals surface area contributed by atoms with Gasteiger partial charge in [-0.25, -0.2) is 4.79 Å². The van der Waals surface area contributed by atoms with Crippen molar-refractivity contribution in [2.45, 2.75) is 25.3 Å². The lowest BCUT2D eigenvalue weighted by atomic mass is 9.95. The fraction of sp³-hybridized carbons (Fsp3) is 0.529. The smallest absolute Gasteiger partial charge is 0.326 e. The molecule has 1 fully saturated rings. The van der Waals surface area contributed by atoms with E-state index in [4.69, 9.17) is 4.74 Å². The Labute approximate surface area is 136 Å². The summed E-state index contributed by atoms with van der Waals surface area (Å²) in [7, 11) is 3.61. The molecule has 0 unspecified atom stereocenters. The zero-order valence-corrected chi connectivity index (χ0v) is 13.6. The molecular formula is C17H24N2O4. The van der Waals surface area contributed by atoms with Crippen LogP contribution >= 0.6 is 0 Å². The van der Waals surface area contributed by atoms with Crippen LogP contribution in [0, 0.1) is 5.92 Å². The Hall–Kier alpha value is -2.08. The minimum atomic E-state index is -1.01. The molecule has 1 atom stereocenters. The SMILES string of the molecule is COc1ccc(C[C@H](NC(=O)C2CCN(C)CC2)C(=O)O)cc1. The molecule has 1 aromatic carbocycles. The molecule has 1 aliphatic rings. The third kappa shape index (κ3) is 4.96. The third-order valence-electron chi connectivity index (χ3n) is 4.30. The van der Waals surface area contributed by atoms with Gasteiger partial charge in [0.1, 0.15) is 11.8 Å². The largest absolute Gasteiger partial charge is 0.497 e. The highest BCUT2D eigenvalue weighted by Crippen LogP contribution is 2.17. The van der Waals surface area contributed by atoms with Gasteiger partial charge >= 0.3 is 5.97 Å². The van der Waals surface area contributed by atoms with Gasteiger partial charge < -0.3 is 20.1 Å². The second kappa shape index (κ2) is 7.97. The number of aliphatic carboxylic acids is 1. The summed E-state index contributed by atoms with van der Waals surface area (Å²) in [6.45, 7) is 1.74. The van der Waals surface area contributed by atoms with Crippen LogP contribution in [0.25, 0.3) is 0 Å². The van der Waals surface area contributed by atoms with Gasteiger partial charge in [0.05, 0.1) is 7.11 Å². The molecule has 1 aliphatic heterocycles. The zero-order valence-electron chi connectivity index (χ0n) is 13.6. The molecule has 126 valence electrons. The van der Waals surface area contributed by atoms with E-state index in [0.29, 0.717) is 0 Å². The van der Waals surface area contributed by atoms with Gasteiger partial charge in [-0.2, -0.15) is 0 Å². The van der Waals surface area contributed by atoms with Crippen LogP contribution in [-0.4, -0.2) is 55.2 Å². The highest BCUT2D eigenvalue weighted by molar-refractivity contribution is 5.85. The van der Waals surface area contributed by atoms with E-state index in [1.54, 1.807) is 19.2 Å². The van der Waals surface area contributed by atoms with Crippen LogP contribution in [0.2, 0.25) is 0 Å². The number of carboxylic acids is 1. The van der Waals surface area contributed by atoms with Crippen molar-refractivity contribution in [1.82, 2.24) is 10.2 Å². The number of carbonyl (C=O) groups excluding carboxylic acids is 1. The summed E-state index contributed by atoms with van der Waals surface area (Å²) < 4.78 is 5.08. The summed E-state index contributed by atoms with van der Waals surface area (Å²) in [4.78, 5) is 25.9. The number of benzene rings is 1. The molecule has 0 radical (unpaired) electrons. The van der Waals surface area contributed by atoms with E-state index in [9.17, 15) is 14.7 Å². The van der Waals surface area contributed by atoms with Gasteiger partial charge in [0.2, 0.25) is 5.91 Å². The normalized spacial score (nSPS) is 17.5. The highest BCUT2D eigenvalue weighted by atomic mass is 16.5. The number of amides is 1.